The minimum Gasteiger partial charge on any atom is -0.482 e. The van der Waals surface area contributed by atoms with E-state index < -0.39 is 65.4 Å². The maximum atomic E-state index is 15.0. The molecule has 5 rings (SSSR count). The minimum atomic E-state index is -4.95. The van der Waals surface area contributed by atoms with Crippen LogP contribution < -0.4 is 20.9 Å². The highest BCUT2D eigenvalue weighted by molar-refractivity contribution is 5.68. The van der Waals surface area contributed by atoms with Crippen molar-refractivity contribution in [1.29, 1.82) is 0 Å². The lowest BCUT2D eigenvalue weighted by atomic mass is 10.1. The zero-order chi connectivity index (χ0) is 36.4. The molecule has 0 spiro atoms. The van der Waals surface area contributed by atoms with Crippen molar-refractivity contribution in [3.8, 4) is 5.75 Å². The number of hydrogen-bond donors (Lipinski definition) is 1. The summed E-state index contributed by atoms with van der Waals surface area (Å²) in [5, 5.41) is 9.02. The number of halogens is 7. The number of aliphatic carboxylic acids is 1. The van der Waals surface area contributed by atoms with Gasteiger partial charge < -0.3 is 19.2 Å². The van der Waals surface area contributed by atoms with E-state index in [0.717, 1.165) is 27.3 Å². The molecule has 1 aliphatic rings. The average Bonchev–Trinajstić information content (AvgIpc) is 3.53. The number of carbonyl (C=O) groups is 1. The van der Waals surface area contributed by atoms with E-state index in [1.807, 2.05) is 0 Å². The second kappa shape index (κ2) is 14.4. The molecule has 268 valence electrons. The van der Waals surface area contributed by atoms with E-state index in [1.54, 1.807) is 28.0 Å². The largest absolute Gasteiger partial charge is 0.482 e. The number of alkyl halides is 6. The maximum absolute atomic E-state index is 15.0. The summed E-state index contributed by atoms with van der Waals surface area (Å²) in [6.07, 6.45) is -9.61. The summed E-state index contributed by atoms with van der Waals surface area (Å²) < 4.78 is 108. The lowest BCUT2D eigenvalue weighted by Gasteiger charge is -2.36. The Morgan fingerprint density at radius 1 is 0.880 bits per heavy atom. The van der Waals surface area contributed by atoms with Crippen LogP contribution in [0.4, 0.5) is 36.4 Å². The average molecular weight is 713 g/mol. The van der Waals surface area contributed by atoms with Gasteiger partial charge in [-0.05, 0) is 49.2 Å². The van der Waals surface area contributed by atoms with Crippen LogP contribution in [0, 0.1) is 12.7 Å². The van der Waals surface area contributed by atoms with E-state index in [0.29, 0.717) is 11.6 Å². The van der Waals surface area contributed by atoms with E-state index in [2.05, 4.69) is 0 Å². The standard InChI is InChI=1S/C33H31F7N4O6/c1-20-29(42-15-13-41(14-16-42)17-22-9-10-27(50-22)33(38,39)40)30(47)43(12-11-21-5-2-3-8-26(21)49-19-28(45)46)31(48)44(20)18-23-24(32(35,36)37)6-4-7-25(23)34/h2-10H,11-19H2,1H3,(H,45,46). The SMILES string of the molecule is Cc1c(N2CCN(Cc3ccc(C(F)(F)F)o3)CC2)c(=O)n(CCc2ccccc2OCC(=O)O)c(=O)n1Cc1c(F)cccc1C(F)(F)F. The van der Waals surface area contributed by atoms with Gasteiger partial charge >= 0.3 is 24.0 Å². The number of ether oxygens (including phenoxy) is 1. The Kier molecular flexibility index (Phi) is 10.5. The van der Waals surface area contributed by atoms with Crippen molar-refractivity contribution in [2.75, 3.05) is 37.7 Å². The molecule has 1 aliphatic heterocycles. The van der Waals surface area contributed by atoms with Crippen LogP contribution in [0.25, 0.3) is 0 Å². The number of carboxylic acid groups (broad SMARTS) is 1. The van der Waals surface area contributed by atoms with Gasteiger partial charge in [0.2, 0.25) is 5.76 Å². The summed E-state index contributed by atoms with van der Waals surface area (Å²) in [6, 6.07) is 10.8. The fourth-order valence-electron chi connectivity index (χ4n) is 5.87. The van der Waals surface area contributed by atoms with Crippen molar-refractivity contribution in [1.82, 2.24) is 14.0 Å². The third-order valence-corrected chi connectivity index (χ3v) is 8.34. The van der Waals surface area contributed by atoms with Gasteiger partial charge in [0.15, 0.2) is 6.61 Å². The number of benzene rings is 2. The number of anilines is 1. The Labute approximate surface area is 279 Å². The maximum Gasteiger partial charge on any atom is 0.449 e. The molecular formula is C33H31F7N4O6. The monoisotopic (exact) mass is 712 g/mol. The first-order valence-corrected chi connectivity index (χ1v) is 15.3. The Hall–Kier alpha value is -5.06. The summed E-state index contributed by atoms with van der Waals surface area (Å²) in [6.45, 7) is 0.432. The second-order valence-electron chi connectivity index (χ2n) is 11.6. The molecular weight excluding hydrogens is 681 g/mol. The Bertz CT molecular complexity index is 1970. The van der Waals surface area contributed by atoms with Gasteiger partial charge in [0.1, 0.15) is 23.0 Å². The van der Waals surface area contributed by atoms with Gasteiger partial charge in [-0.3, -0.25) is 18.8 Å². The predicted molar refractivity (Wildman–Crippen MR) is 165 cm³/mol. The molecule has 0 atom stereocenters. The lowest BCUT2D eigenvalue weighted by molar-refractivity contribution is -0.153. The van der Waals surface area contributed by atoms with Crippen LogP contribution in [0.1, 0.15) is 33.9 Å². The molecule has 4 aromatic rings. The molecule has 0 amide bonds. The highest BCUT2D eigenvalue weighted by Crippen LogP contribution is 2.34. The summed E-state index contributed by atoms with van der Waals surface area (Å²) in [5.74, 6) is -3.30. The Morgan fingerprint density at radius 3 is 2.22 bits per heavy atom. The molecule has 3 heterocycles. The van der Waals surface area contributed by atoms with E-state index in [1.165, 1.54) is 19.1 Å². The van der Waals surface area contributed by atoms with E-state index in [9.17, 15) is 45.1 Å². The van der Waals surface area contributed by atoms with Crippen LogP contribution in [-0.2, 0) is 43.2 Å². The molecule has 0 saturated carbocycles. The van der Waals surface area contributed by atoms with Gasteiger partial charge in [0.25, 0.3) is 5.56 Å². The van der Waals surface area contributed by atoms with Crippen LogP contribution in [0.5, 0.6) is 5.75 Å². The summed E-state index contributed by atoms with van der Waals surface area (Å²) in [5.41, 5.74) is -3.40. The minimum absolute atomic E-state index is 0.00729. The smallest absolute Gasteiger partial charge is 0.449 e. The van der Waals surface area contributed by atoms with Crippen molar-refractivity contribution in [3.63, 3.8) is 0 Å². The van der Waals surface area contributed by atoms with Crippen molar-refractivity contribution < 1.29 is 49.8 Å². The van der Waals surface area contributed by atoms with Crippen molar-refractivity contribution in [2.45, 2.75) is 45.3 Å². The number of hydrogen-bond acceptors (Lipinski definition) is 7. The molecule has 1 fully saturated rings. The number of para-hydroxylation sites is 1. The highest BCUT2D eigenvalue weighted by atomic mass is 19.4. The zero-order valence-corrected chi connectivity index (χ0v) is 26.5. The second-order valence-corrected chi connectivity index (χ2v) is 11.6. The normalized spacial score (nSPS) is 14.3. The van der Waals surface area contributed by atoms with Gasteiger partial charge in [-0.2, -0.15) is 26.3 Å². The first-order chi connectivity index (χ1) is 23.5. The van der Waals surface area contributed by atoms with Gasteiger partial charge in [-0.15, -0.1) is 0 Å². The van der Waals surface area contributed by atoms with Crippen LogP contribution in [-0.4, -0.2) is 57.9 Å². The summed E-state index contributed by atoms with van der Waals surface area (Å²) >= 11 is 0. The molecule has 0 unspecified atom stereocenters. The van der Waals surface area contributed by atoms with E-state index in [4.69, 9.17) is 14.3 Å². The van der Waals surface area contributed by atoms with Gasteiger partial charge in [0, 0.05) is 44.0 Å². The van der Waals surface area contributed by atoms with Gasteiger partial charge in [-0.25, -0.2) is 14.0 Å². The number of carboxylic acids is 1. The highest BCUT2D eigenvalue weighted by Gasteiger charge is 2.36. The van der Waals surface area contributed by atoms with Crippen LogP contribution >= 0.6 is 0 Å². The fraction of sp³-hybridized carbons (Fsp3) is 0.364. The zero-order valence-electron chi connectivity index (χ0n) is 26.5. The molecule has 0 aliphatic carbocycles. The Morgan fingerprint density at radius 2 is 1.58 bits per heavy atom. The van der Waals surface area contributed by atoms with Crippen LogP contribution in [0.15, 0.2) is 68.6 Å². The predicted octanol–water partition coefficient (Wildman–Crippen LogP) is 5.16. The first-order valence-electron chi connectivity index (χ1n) is 15.3. The van der Waals surface area contributed by atoms with Gasteiger partial charge in [-0.1, -0.05) is 24.3 Å². The van der Waals surface area contributed by atoms with Crippen molar-refractivity contribution in [2.24, 2.45) is 0 Å². The number of rotatable bonds is 11. The molecule has 2 aromatic carbocycles. The van der Waals surface area contributed by atoms with Crippen LogP contribution in [0.2, 0.25) is 0 Å². The van der Waals surface area contributed by atoms with E-state index >= 15 is 0 Å². The molecule has 10 nitrogen and oxygen atoms in total. The summed E-state index contributed by atoms with van der Waals surface area (Å²) in [4.78, 5) is 42.3. The van der Waals surface area contributed by atoms with Crippen LogP contribution in [0.3, 0.4) is 0 Å². The quantitative estimate of drug-likeness (QED) is 0.213. The number of piperazine rings is 1. The summed E-state index contributed by atoms with van der Waals surface area (Å²) in [7, 11) is 0. The molecule has 1 N–H and O–H groups in total. The molecule has 2 aromatic heterocycles. The third-order valence-electron chi connectivity index (χ3n) is 8.34. The molecule has 0 bridgehead atoms. The molecule has 1 saturated heterocycles. The Balaban J connectivity index is 1.49. The first kappa shape index (κ1) is 36.2. The van der Waals surface area contributed by atoms with Crippen molar-refractivity contribution in [3.05, 3.63) is 115 Å². The molecule has 0 radical (unpaired) electrons. The van der Waals surface area contributed by atoms with Gasteiger partial charge in [0.05, 0.1) is 18.7 Å². The lowest BCUT2D eigenvalue weighted by Crippen LogP contribution is -2.51. The topological polar surface area (TPSA) is 110 Å². The number of furan rings is 1. The number of aryl methyl sites for hydroxylation is 1. The fourth-order valence-corrected chi connectivity index (χ4v) is 5.87. The third kappa shape index (κ3) is 8.04. The number of aromatic nitrogens is 2. The molecule has 50 heavy (non-hydrogen) atoms. The van der Waals surface area contributed by atoms with Crippen molar-refractivity contribution >= 4 is 11.7 Å². The number of nitrogens with zero attached hydrogens (tertiary/aromatic N) is 4. The molecule has 17 heteroatoms. The van der Waals surface area contributed by atoms with E-state index in [-0.39, 0.29) is 68.6 Å².